The van der Waals surface area contributed by atoms with E-state index in [-0.39, 0.29) is 12.1 Å². The Morgan fingerprint density at radius 3 is 2.35 bits per heavy atom. The van der Waals surface area contributed by atoms with Gasteiger partial charge >= 0.3 is 0 Å². The average Bonchev–Trinajstić information content (AvgIpc) is 2.37. The molecule has 1 aromatic rings. The molecular formula is C15H23NO. The van der Waals surface area contributed by atoms with Crippen LogP contribution in [0.1, 0.15) is 50.3 Å². The van der Waals surface area contributed by atoms with Crippen molar-refractivity contribution in [3.8, 4) is 0 Å². The van der Waals surface area contributed by atoms with Gasteiger partial charge in [-0.05, 0) is 36.6 Å². The van der Waals surface area contributed by atoms with Crippen LogP contribution < -0.4 is 0 Å². The molecule has 0 radical (unpaired) electrons. The highest BCUT2D eigenvalue weighted by molar-refractivity contribution is 5.35. The SMILES string of the molecule is CCN(CC)C1CC(C)c2ccccc2C1O. The quantitative estimate of drug-likeness (QED) is 0.867. The Balaban J connectivity index is 2.32. The van der Waals surface area contributed by atoms with E-state index in [1.165, 1.54) is 5.56 Å². The van der Waals surface area contributed by atoms with E-state index in [0.717, 1.165) is 25.1 Å². The molecule has 0 heterocycles. The number of aliphatic hydroxyl groups excluding tert-OH is 1. The van der Waals surface area contributed by atoms with Crippen LogP contribution in [0.25, 0.3) is 0 Å². The zero-order valence-electron chi connectivity index (χ0n) is 11.1. The van der Waals surface area contributed by atoms with Crippen LogP contribution in [0.3, 0.4) is 0 Å². The number of rotatable bonds is 3. The topological polar surface area (TPSA) is 23.5 Å². The van der Waals surface area contributed by atoms with Crippen molar-refractivity contribution >= 4 is 0 Å². The minimum absolute atomic E-state index is 0.273. The molecule has 0 amide bonds. The molecule has 3 unspecified atom stereocenters. The molecule has 1 aliphatic rings. The second kappa shape index (κ2) is 5.19. The molecule has 2 nitrogen and oxygen atoms in total. The molecule has 3 atom stereocenters. The van der Waals surface area contributed by atoms with Crippen LogP contribution in [-0.4, -0.2) is 29.1 Å². The maximum absolute atomic E-state index is 10.5. The Bertz CT molecular complexity index is 373. The minimum Gasteiger partial charge on any atom is -0.387 e. The van der Waals surface area contributed by atoms with E-state index in [0.29, 0.717) is 5.92 Å². The highest BCUT2D eigenvalue weighted by atomic mass is 16.3. The lowest BCUT2D eigenvalue weighted by Crippen LogP contribution is -2.42. The van der Waals surface area contributed by atoms with Crippen molar-refractivity contribution in [3.63, 3.8) is 0 Å². The maximum Gasteiger partial charge on any atom is 0.0948 e. The van der Waals surface area contributed by atoms with Crippen molar-refractivity contribution in [1.82, 2.24) is 4.90 Å². The Labute approximate surface area is 104 Å². The largest absolute Gasteiger partial charge is 0.387 e. The molecule has 17 heavy (non-hydrogen) atoms. The number of hydrogen-bond acceptors (Lipinski definition) is 2. The second-order valence-corrected chi connectivity index (χ2v) is 5.00. The van der Waals surface area contributed by atoms with Crippen molar-refractivity contribution in [1.29, 1.82) is 0 Å². The van der Waals surface area contributed by atoms with Gasteiger partial charge in [-0.1, -0.05) is 45.0 Å². The van der Waals surface area contributed by atoms with Gasteiger partial charge in [0, 0.05) is 6.04 Å². The molecule has 0 aromatic heterocycles. The van der Waals surface area contributed by atoms with E-state index in [2.05, 4.69) is 43.9 Å². The summed E-state index contributed by atoms with van der Waals surface area (Å²) in [6.07, 6.45) is 0.724. The van der Waals surface area contributed by atoms with Crippen LogP contribution in [0.15, 0.2) is 24.3 Å². The van der Waals surface area contributed by atoms with E-state index in [4.69, 9.17) is 0 Å². The molecule has 2 rings (SSSR count). The highest BCUT2D eigenvalue weighted by Crippen LogP contribution is 2.39. The third-order valence-electron chi connectivity index (χ3n) is 4.09. The predicted octanol–water partition coefficient (Wildman–Crippen LogP) is 2.94. The van der Waals surface area contributed by atoms with Gasteiger partial charge in [-0.15, -0.1) is 0 Å². The molecule has 1 N–H and O–H groups in total. The van der Waals surface area contributed by atoms with Crippen LogP contribution in [0, 0.1) is 0 Å². The van der Waals surface area contributed by atoms with E-state index in [1.54, 1.807) is 0 Å². The smallest absolute Gasteiger partial charge is 0.0948 e. The van der Waals surface area contributed by atoms with Gasteiger partial charge in [-0.25, -0.2) is 0 Å². The van der Waals surface area contributed by atoms with Gasteiger partial charge in [0.15, 0.2) is 0 Å². The summed E-state index contributed by atoms with van der Waals surface area (Å²) in [5.74, 6) is 0.542. The normalized spacial score (nSPS) is 28.2. The Morgan fingerprint density at radius 2 is 1.76 bits per heavy atom. The van der Waals surface area contributed by atoms with Gasteiger partial charge in [0.2, 0.25) is 0 Å². The first-order valence-electron chi connectivity index (χ1n) is 6.69. The molecule has 1 aromatic carbocycles. The van der Waals surface area contributed by atoms with Gasteiger partial charge in [-0.3, -0.25) is 4.90 Å². The van der Waals surface area contributed by atoms with Gasteiger partial charge in [-0.2, -0.15) is 0 Å². The first-order valence-corrected chi connectivity index (χ1v) is 6.69. The predicted molar refractivity (Wildman–Crippen MR) is 71.1 cm³/mol. The summed E-state index contributed by atoms with van der Waals surface area (Å²) in [7, 11) is 0. The van der Waals surface area contributed by atoms with Gasteiger partial charge < -0.3 is 5.11 Å². The molecular weight excluding hydrogens is 210 g/mol. The number of benzene rings is 1. The zero-order valence-corrected chi connectivity index (χ0v) is 11.1. The molecule has 0 saturated carbocycles. The molecule has 2 heteroatoms. The third-order valence-corrected chi connectivity index (χ3v) is 4.09. The summed E-state index contributed by atoms with van der Waals surface area (Å²) < 4.78 is 0. The van der Waals surface area contributed by atoms with Crippen molar-refractivity contribution in [2.45, 2.75) is 45.3 Å². The maximum atomic E-state index is 10.5. The van der Waals surface area contributed by atoms with Gasteiger partial charge in [0.25, 0.3) is 0 Å². The first kappa shape index (κ1) is 12.6. The highest BCUT2D eigenvalue weighted by Gasteiger charge is 2.34. The lowest BCUT2D eigenvalue weighted by molar-refractivity contribution is 0.0365. The van der Waals surface area contributed by atoms with E-state index in [9.17, 15) is 5.11 Å². The molecule has 0 fully saturated rings. The monoisotopic (exact) mass is 233 g/mol. The van der Waals surface area contributed by atoms with E-state index >= 15 is 0 Å². The summed E-state index contributed by atoms with van der Waals surface area (Å²) >= 11 is 0. The number of fused-ring (bicyclic) bond motifs is 1. The fourth-order valence-electron chi connectivity index (χ4n) is 3.10. The average molecular weight is 233 g/mol. The van der Waals surface area contributed by atoms with Gasteiger partial charge in [0.05, 0.1) is 6.10 Å². The zero-order chi connectivity index (χ0) is 12.4. The number of likely N-dealkylation sites (N-methyl/N-ethyl adjacent to an activating group) is 1. The standard InChI is InChI=1S/C15H23NO/c1-4-16(5-2)14-10-11(3)12-8-6-7-9-13(12)15(14)17/h6-9,11,14-15,17H,4-5,10H2,1-3H3. The summed E-state index contributed by atoms with van der Waals surface area (Å²) in [5.41, 5.74) is 2.45. The van der Waals surface area contributed by atoms with Gasteiger partial charge in [0.1, 0.15) is 0 Å². The fourth-order valence-corrected chi connectivity index (χ4v) is 3.10. The molecule has 0 bridgehead atoms. The summed E-state index contributed by atoms with van der Waals surface area (Å²) in [4.78, 5) is 2.37. The van der Waals surface area contributed by atoms with Crippen LogP contribution in [-0.2, 0) is 0 Å². The number of hydrogen-bond donors (Lipinski definition) is 1. The summed E-state index contributed by atoms with van der Waals surface area (Å²) in [6.45, 7) is 8.62. The van der Waals surface area contributed by atoms with Crippen LogP contribution in [0.2, 0.25) is 0 Å². The van der Waals surface area contributed by atoms with Crippen LogP contribution in [0.4, 0.5) is 0 Å². The molecule has 0 aliphatic heterocycles. The molecule has 0 saturated heterocycles. The van der Waals surface area contributed by atoms with Crippen molar-refractivity contribution in [2.24, 2.45) is 0 Å². The Morgan fingerprint density at radius 1 is 1.18 bits per heavy atom. The minimum atomic E-state index is -0.331. The fraction of sp³-hybridized carbons (Fsp3) is 0.600. The van der Waals surface area contributed by atoms with Crippen LogP contribution >= 0.6 is 0 Å². The van der Waals surface area contributed by atoms with E-state index < -0.39 is 0 Å². The Kier molecular flexibility index (Phi) is 3.85. The summed E-state index contributed by atoms with van der Waals surface area (Å²) in [5, 5.41) is 10.5. The lowest BCUT2D eigenvalue weighted by atomic mass is 9.78. The third kappa shape index (κ3) is 2.24. The summed E-state index contributed by atoms with van der Waals surface area (Å²) in [6, 6.07) is 8.60. The lowest BCUT2D eigenvalue weighted by Gasteiger charge is -2.40. The molecule has 1 aliphatic carbocycles. The Hall–Kier alpha value is -0.860. The number of aliphatic hydroxyl groups is 1. The number of nitrogens with zero attached hydrogens (tertiary/aromatic N) is 1. The second-order valence-electron chi connectivity index (χ2n) is 5.00. The van der Waals surface area contributed by atoms with Crippen molar-refractivity contribution in [2.75, 3.05) is 13.1 Å². The first-order chi connectivity index (χ1) is 8.19. The van der Waals surface area contributed by atoms with Crippen LogP contribution in [0.5, 0.6) is 0 Å². The van der Waals surface area contributed by atoms with E-state index in [1.807, 2.05) is 6.07 Å². The molecule has 94 valence electrons. The van der Waals surface area contributed by atoms with Crippen molar-refractivity contribution < 1.29 is 5.11 Å². The molecule has 0 spiro atoms. The van der Waals surface area contributed by atoms with Crippen molar-refractivity contribution in [3.05, 3.63) is 35.4 Å².